The molecule has 0 bridgehead atoms. The van der Waals surface area contributed by atoms with E-state index in [1.807, 2.05) is 0 Å². The van der Waals surface area contributed by atoms with Gasteiger partial charge in [0.2, 0.25) is 0 Å². The van der Waals surface area contributed by atoms with E-state index < -0.39 is 4.33 Å². The lowest BCUT2D eigenvalue weighted by atomic mass is 10.2. The Morgan fingerprint density at radius 1 is 1.50 bits per heavy atom. The largest absolute Gasteiger partial charge is 0.315 e. The predicted octanol–water partition coefficient (Wildman–Crippen LogP) is 1.13. The molecule has 2 N–H and O–H groups in total. The predicted molar refractivity (Wildman–Crippen MR) is 51.8 cm³/mol. The van der Waals surface area contributed by atoms with Crippen molar-refractivity contribution in [3.63, 3.8) is 0 Å². The molecule has 0 aromatic rings. The molecular formula is C8H14Cl2N2. The van der Waals surface area contributed by atoms with Gasteiger partial charge in [-0.05, 0) is 19.4 Å². The van der Waals surface area contributed by atoms with Gasteiger partial charge in [0, 0.05) is 25.0 Å². The Morgan fingerprint density at radius 3 is 2.75 bits per heavy atom. The summed E-state index contributed by atoms with van der Waals surface area (Å²) in [5, 5.41) is 6.78. The van der Waals surface area contributed by atoms with Crippen LogP contribution >= 0.6 is 23.2 Å². The average molecular weight is 209 g/mol. The van der Waals surface area contributed by atoms with Crippen LogP contribution in [0.15, 0.2) is 0 Å². The number of halogens is 2. The van der Waals surface area contributed by atoms with E-state index in [2.05, 4.69) is 10.6 Å². The zero-order valence-electron chi connectivity index (χ0n) is 6.95. The van der Waals surface area contributed by atoms with Crippen LogP contribution in [0.25, 0.3) is 0 Å². The third-order valence-electron chi connectivity index (χ3n) is 2.67. The van der Waals surface area contributed by atoms with E-state index in [-0.39, 0.29) is 0 Å². The maximum Gasteiger partial charge on any atom is 0.122 e. The Hall–Kier alpha value is 0.500. The molecular weight excluding hydrogens is 195 g/mol. The summed E-state index contributed by atoms with van der Waals surface area (Å²) in [6, 6.07) is 0.634. The Morgan fingerprint density at radius 2 is 2.25 bits per heavy atom. The van der Waals surface area contributed by atoms with Crippen LogP contribution in [0, 0.1) is 5.92 Å². The monoisotopic (exact) mass is 208 g/mol. The highest BCUT2D eigenvalue weighted by Gasteiger charge is 2.51. The van der Waals surface area contributed by atoms with Crippen molar-refractivity contribution < 1.29 is 0 Å². The average Bonchev–Trinajstić information content (AvgIpc) is 2.54. The van der Waals surface area contributed by atoms with Crippen molar-refractivity contribution in [2.75, 3.05) is 19.6 Å². The lowest BCUT2D eigenvalue weighted by Crippen LogP contribution is -2.33. The van der Waals surface area contributed by atoms with Gasteiger partial charge < -0.3 is 10.6 Å². The molecule has 2 fully saturated rings. The van der Waals surface area contributed by atoms with Gasteiger partial charge in [0.15, 0.2) is 0 Å². The summed E-state index contributed by atoms with van der Waals surface area (Å²) in [7, 11) is 0. The summed E-state index contributed by atoms with van der Waals surface area (Å²) < 4.78 is -0.418. The molecule has 0 spiro atoms. The highest BCUT2D eigenvalue weighted by atomic mass is 35.5. The maximum absolute atomic E-state index is 5.90. The standard InChI is InChI=1S/C8H14Cl2N2/c9-8(10)3-6(8)4-12-7-1-2-11-5-7/h6-7,11-12H,1-5H2/t6?,7-/m0/s1. The Bertz CT molecular complexity index is 162. The lowest BCUT2D eigenvalue weighted by molar-refractivity contribution is 0.525. The summed E-state index contributed by atoms with van der Waals surface area (Å²) in [5.41, 5.74) is 0. The zero-order valence-corrected chi connectivity index (χ0v) is 8.46. The van der Waals surface area contributed by atoms with Crippen molar-refractivity contribution in [2.24, 2.45) is 5.92 Å². The topological polar surface area (TPSA) is 24.1 Å². The molecule has 0 amide bonds. The minimum atomic E-state index is -0.418. The second-order valence-corrected chi connectivity index (χ2v) is 5.30. The zero-order chi connectivity index (χ0) is 8.60. The minimum absolute atomic E-state index is 0.418. The molecule has 2 aliphatic rings. The molecule has 2 atom stereocenters. The van der Waals surface area contributed by atoms with Crippen molar-refractivity contribution in [3.05, 3.63) is 0 Å². The Labute approximate surface area is 83.0 Å². The third kappa shape index (κ3) is 2.05. The van der Waals surface area contributed by atoms with Gasteiger partial charge >= 0.3 is 0 Å². The molecule has 1 heterocycles. The van der Waals surface area contributed by atoms with Crippen molar-refractivity contribution in [1.82, 2.24) is 10.6 Å². The van der Waals surface area contributed by atoms with Crippen LogP contribution in [0.1, 0.15) is 12.8 Å². The van der Waals surface area contributed by atoms with Gasteiger partial charge in [-0.15, -0.1) is 23.2 Å². The van der Waals surface area contributed by atoms with Gasteiger partial charge in [0.1, 0.15) is 4.33 Å². The minimum Gasteiger partial charge on any atom is -0.315 e. The molecule has 70 valence electrons. The first-order chi connectivity index (χ1) is 5.68. The first kappa shape index (κ1) is 9.07. The molecule has 1 saturated heterocycles. The van der Waals surface area contributed by atoms with Gasteiger partial charge in [-0.2, -0.15) is 0 Å². The second-order valence-electron chi connectivity index (χ2n) is 3.76. The summed E-state index contributed by atoms with van der Waals surface area (Å²) in [4.78, 5) is 0. The van der Waals surface area contributed by atoms with Gasteiger partial charge in [-0.25, -0.2) is 0 Å². The van der Waals surface area contributed by atoms with Gasteiger partial charge in [0.25, 0.3) is 0 Å². The highest BCUT2D eigenvalue weighted by Crippen LogP contribution is 2.52. The van der Waals surface area contributed by atoms with Crippen LogP contribution in [0.3, 0.4) is 0 Å². The molecule has 0 aromatic heterocycles. The van der Waals surface area contributed by atoms with Crippen molar-refractivity contribution in [2.45, 2.75) is 23.2 Å². The van der Waals surface area contributed by atoms with E-state index in [0.29, 0.717) is 12.0 Å². The number of rotatable bonds is 3. The molecule has 2 nitrogen and oxygen atoms in total. The third-order valence-corrected chi connectivity index (χ3v) is 3.59. The molecule has 1 aliphatic heterocycles. The smallest absolute Gasteiger partial charge is 0.122 e. The summed E-state index contributed by atoms with van der Waals surface area (Å²) in [6.45, 7) is 3.19. The number of hydrogen-bond acceptors (Lipinski definition) is 2. The van der Waals surface area contributed by atoms with Crippen molar-refractivity contribution >= 4 is 23.2 Å². The molecule has 2 rings (SSSR count). The second kappa shape index (κ2) is 3.33. The molecule has 1 aliphatic carbocycles. The van der Waals surface area contributed by atoms with Gasteiger partial charge in [0.05, 0.1) is 0 Å². The van der Waals surface area contributed by atoms with Crippen LogP contribution < -0.4 is 10.6 Å². The molecule has 12 heavy (non-hydrogen) atoms. The number of hydrogen-bond donors (Lipinski definition) is 2. The van der Waals surface area contributed by atoms with Gasteiger partial charge in [-0.1, -0.05) is 0 Å². The fourth-order valence-corrected chi connectivity index (χ4v) is 2.16. The number of nitrogens with one attached hydrogen (secondary N) is 2. The fourth-order valence-electron chi connectivity index (χ4n) is 1.63. The van der Waals surface area contributed by atoms with E-state index in [9.17, 15) is 0 Å². The lowest BCUT2D eigenvalue weighted by Gasteiger charge is -2.10. The van der Waals surface area contributed by atoms with Crippen LogP contribution in [-0.2, 0) is 0 Å². The molecule has 0 aromatic carbocycles. The SMILES string of the molecule is ClC1(Cl)CC1CN[C@H]1CCNC1. The molecule has 1 unspecified atom stereocenters. The summed E-state index contributed by atoms with van der Waals surface area (Å²) >= 11 is 11.8. The Balaban J connectivity index is 1.63. The van der Waals surface area contributed by atoms with Crippen molar-refractivity contribution in [1.29, 1.82) is 0 Å². The van der Waals surface area contributed by atoms with E-state index in [0.717, 1.165) is 26.1 Å². The summed E-state index contributed by atoms with van der Waals surface area (Å²) in [6.07, 6.45) is 2.17. The van der Waals surface area contributed by atoms with Gasteiger partial charge in [-0.3, -0.25) is 0 Å². The van der Waals surface area contributed by atoms with Crippen LogP contribution in [0.4, 0.5) is 0 Å². The van der Waals surface area contributed by atoms with Crippen LogP contribution in [-0.4, -0.2) is 30.0 Å². The first-order valence-corrected chi connectivity index (χ1v) is 5.26. The van der Waals surface area contributed by atoms with Crippen LogP contribution in [0.2, 0.25) is 0 Å². The first-order valence-electron chi connectivity index (χ1n) is 4.50. The van der Waals surface area contributed by atoms with Crippen LogP contribution in [0.5, 0.6) is 0 Å². The normalized spacial score (nSPS) is 38.5. The fraction of sp³-hybridized carbons (Fsp3) is 1.00. The van der Waals surface area contributed by atoms with E-state index in [1.54, 1.807) is 0 Å². The van der Waals surface area contributed by atoms with E-state index >= 15 is 0 Å². The van der Waals surface area contributed by atoms with E-state index in [1.165, 1.54) is 6.42 Å². The summed E-state index contributed by atoms with van der Waals surface area (Å²) in [5.74, 6) is 0.474. The highest BCUT2D eigenvalue weighted by molar-refractivity contribution is 6.50. The molecule has 0 radical (unpaired) electrons. The number of alkyl halides is 2. The van der Waals surface area contributed by atoms with Crippen molar-refractivity contribution in [3.8, 4) is 0 Å². The molecule has 4 heteroatoms. The Kier molecular flexibility index (Phi) is 2.52. The quantitative estimate of drug-likeness (QED) is 0.681. The maximum atomic E-state index is 5.90. The van der Waals surface area contributed by atoms with E-state index in [4.69, 9.17) is 23.2 Å². The molecule has 1 saturated carbocycles.